The van der Waals surface area contributed by atoms with Gasteiger partial charge in [-0.15, -0.1) is 0 Å². The first-order valence-electron chi connectivity index (χ1n) is 10.0. The lowest BCUT2D eigenvalue weighted by Crippen LogP contribution is -2.59. The van der Waals surface area contributed by atoms with Crippen LogP contribution in [0.4, 0.5) is 0 Å². The molecule has 0 saturated carbocycles. The van der Waals surface area contributed by atoms with Crippen LogP contribution in [-0.2, 0) is 6.42 Å². The first kappa shape index (κ1) is 23.3. The number of rotatable bonds is 12. The van der Waals surface area contributed by atoms with Gasteiger partial charge in [-0.25, -0.2) is 0 Å². The summed E-state index contributed by atoms with van der Waals surface area (Å²) in [6.45, 7) is 1.29. The van der Waals surface area contributed by atoms with Gasteiger partial charge >= 0.3 is 0 Å². The highest BCUT2D eigenvalue weighted by molar-refractivity contribution is 5.25. The second-order valence-corrected chi connectivity index (χ2v) is 7.42. The van der Waals surface area contributed by atoms with Gasteiger partial charge in [0.2, 0.25) is 0 Å². The Morgan fingerprint density at radius 3 is 2.00 bits per heavy atom. The Bertz CT molecular complexity index is 652. The van der Waals surface area contributed by atoms with Gasteiger partial charge in [0.1, 0.15) is 35.8 Å². The standard InChI is InChI=1S/C23H32O6/c1-2-3-14-23(15-17-10-6-4-7-11-17,29-18-12-8-5-9-13-18)22(28)21(27)20(26)19(25)16-24/h4-13,19-22,24-28H,2-3,14-16H2,1H3. The van der Waals surface area contributed by atoms with E-state index in [1.807, 2.05) is 55.5 Å². The van der Waals surface area contributed by atoms with E-state index in [0.29, 0.717) is 18.6 Å². The van der Waals surface area contributed by atoms with Crippen LogP contribution >= 0.6 is 0 Å². The van der Waals surface area contributed by atoms with E-state index in [1.165, 1.54) is 0 Å². The van der Waals surface area contributed by atoms with Crippen LogP contribution < -0.4 is 4.74 Å². The van der Waals surface area contributed by atoms with Crippen LogP contribution in [0.25, 0.3) is 0 Å². The van der Waals surface area contributed by atoms with E-state index in [9.17, 15) is 20.4 Å². The SMILES string of the molecule is CCCCC(Cc1ccccc1)(Oc1ccccc1)C(O)C(O)C(O)C(O)CO. The van der Waals surface area contributed by atoms with Crippen molar-refractivity contribution in [3.05, 3.63) is 66.2 Å². The third-order valence-corrected chi connectivity index (χ3v) is 5.16. The zero-order valence-electron chi connectivity index (χ0n) is 16.8. The fourth-order valence-corrected chi connectivity index (χ4v) is 3.46. The molecule has 0 fully saturated rings. The molecule has 0 aromatic heterocycles. The predicted molar refractivity (Wildman–Crippen MR) is 111 cm³/mol. The number of unbranched alkanes of at least 4 members (excludes halogenated alkanes) is 1. The quantitative estimate of drug-likeness (QED) is 0.368. The second-order valence-electron chi connectivity index (χ2n) is 7.42. The molecule has 0 radical (unpaired) electrons. The first-order valence-corrected chi connectivity index (χ1v) is 10.0. The molecule has 6 heteroatoms. The Balaban J connectivity index is 2.43. The highest BCUT2D eigenvalue weighted by atomic mass is 16.5. The van der Waals surface area contributed by atoms with Crippen LogP contribution in [0.15, 0.2) is 60.7 Å². The number of aliphatic hydroxyl groups excluding tert-OH is 5. The first-order chi connectivity index (χ1) is 13.9. The van der Waals surface area contributed by atoms with Crippen molar-refractivity contribution < 1.29 is 30.3 Å². The molecular weight excluding hydrogens is 372 g/mol. The van der Waals surface area contributed by atoms with Gasteiger partial charge in [-0.3, -0.25) is 0 Å². The fraction of sp³-hybridized carbons (Fsp3) is 0.478. The van der Waals surface area contributed by atoms with Crippen LogP contribution in [-0.4, -0.2) is 62.2 Å². The molecular formula is C23H32O6. The molecule has 0 aliphatic rings. The molecule has 5 atom stereocenters. The average molecular weight is 405 g/mol. The Labute approximate surface area is 172 Å². The molecule has 2 aromatic carbocycles. The van der Waals surface area contributed by atoms with Crippen molar-refractivity contribution in [3.63, 3.8) is 0 Å². The largest absolute Gasteiger partial charge is 0.484 e. The van der Waals surface area contributed by atoms with E-state index in [1.54, 1.807) is 12.1 Å². The number of aliphatic hydroxyl groups is 5. The molecule has 5 N–H and O–H groups in total. The van der Waals surface area contributed by atoms with E-state index in [4.69, 9.17) is 9.84 Å². The number of hydrogen-bond acceptors (Lipinski definition) is 6. The fourth-order valence-electron chi connectivity index (χ4n) is 3.46. The summed E-state index contributed by atoms with van der Waals surface area (Å²) in [5.41, 5.74) is -0.336. The molecule has 29 heavy (non-hydrogen) atoms. The Morgan fingerprint density at radius 2 is 1.45 bits per heavy atom. The topological polar surface area (TPSA) is 110 Å². The summed E-state index contributed by atoms with van der Waals surface area (Å²) >= 11 is 0. The Kier molecular flexibility index (Phi) is 9.07. The summed E-state index contributed by atoms with van der Waals surface area (Å²) in [5.74, 6) is 0.531. The van der Waals surface area contributed by atoms with Crippen LogP contribution in [0.1, 0.15) is 31.7 Å². The molecule has 0 aliphatic heterocycles. The summed E-state index contributed by atoms with van der Waals surface area (Å²) in [4.78, 5) is 0. The summed E-state index contributed by atoms with van der Waals surface area (Å²) < 4.78 is 6.29. The Morgan fingerprint density at radius 1 is 0.862 bits per heavy atom. The van der Waals surface area contributed by atoms with E-state index in [2.05, 4.69) is 0 Å². The van der Waals surface area contributed by atoms with E-state index in [0.717, 1.165) is 18.4 Å². The molecule has 2 rings (SSSR count). The number of ether oxygens (including phenoxy) is 1. The van der Waals surface area contributed by atoms with Gasteiger partial charge in [0.25, 0.3) is 0 Å². The minimum Gasteiger partial charge on any atom is -0.484 e. The summed E-state index contributed by atoms with van der Waals surface area (Å²) in [6.07, 6.45) is -4.21. The molecule has 0 heterocycles. The van der Waals surface area contributed by atoms with Gasteiger partial charge in [-0.05, 0) is 30.5 Å². The van der Waals surface area contributed by atoms with E-state index < -0.39 is 36.6 Å². The molecule has 0 amide bonds. The monoisotopic (exact) mass is 404 g/mol. The summed E-state index contributed by atoms with van der Waals surface area (Å²) in [7, 11) is 0. The Hall–Kier alpha value is -1.96. The smallest absolute Gasteiger partial charge is 0.141 e. The van der Waals surface area contributed by atoms with Gasteiger partial charge in [0, 0.05) is 6.42 Å². The predicted octanol–water partition coefficient (Wildman–Crippen LogP) is 1.67. The second kappa shape index (κ2) is 11.3. The molecule has 6 nitrogen and oxygen atoms in total. The maximum absolute atomic E-state index is 11.2. The molecule has 0 spiro atoms. The van der Waals surface area contributed by atoms with E-state index in [-0.39, 0.29) is 0 Å². The van der Waals surface area contributed by atoms with Crippen LogP contribution in [0, 0.1) is 0 Å². The summed E-state index contributed by atoms with van der Waals surface area (Å²) in [6, 6.07) is 18.5. The van der Waals surface area contributed by atoms with Crippen molar-refractivity contribution in [1.29, 1.82) is 0 Å². The van der Waals surface area contributed by atoms with E-state index >= 15 is 0 Å². The van der Waals surface area contributed by atoms with Crippen molar-refractivity contribution in [3.8, 4) is 5.75 Å². The zero-order chi connectivity index (χ0) is 21.3. The third-order valence-electron chi connectivity index (χ3n) is 5.16. The van der Waals surface area contributed by atoms with Gasteiger partial charge < -0.3 is 30.3 Å². The molecule has 2 aromatic rings. The van der Waals surface area contributed by atoms with Gasteiger partial charge in [0.05, 0.1) is 6.61 Å². The lowest BCUT2D eigenvalue weighted by Gasteiger charge is -2.42. The minimum absolute atomic E-state index is 0.295. The third kappa shape index (κ3) is 6.26. The zero-order valence-corrected chi connectivity index (χ0v) is 16.8. The van der Waals surface area contributed by atoms with Crippen LogP contribution in [0.2, 0.25) is 0 Å². The molecule has 5 unspecified atom stereocenters. The lowest BCUT2D eigenvalue weighted by atomic mass is 9.80. The van der Waals surface area contributed by atoms with Gasteiger partial charge in [0.15, 0.2) is 0 Å². The highest BCUT2D eigenvalue weighted by Gasteiger charge is 2.47. The summed E-state index contributed by atoms with van der Waals surface area (Å²) in [5, 5.41) is 50.9. The number of benzene rings is 2. The maximum Gasteiger partial charge on any atom is 0.141 e. The van der Waals surface area contributed by atoms with Gasteiger partial charge in [-0.2, -0.15) is 0 Å². The van der Waals surface area contributed by atoms with Crippen molar-refractivity contribution in [1.82, 2.24) is 0 Å². The van der Waals surface area contributed by atoms with Crippen molar-refractivity contribution >= 4 is 0 Å². The normalized spacial score (nSPS) is 17.7. The number of para-hydroxylation sites is 1. The van der Waals surface area contributed by atoms with Gasteiger partial charge in [-0.1, -0.05) is 61.9 Å². The van der Waals surface area contributed by atoms with Crippen LogP contribution in [0.5, 0.6) is 5.75 Å². The minimum atomic E-state index is -1.72. The van der Waals surface area contributed by atoms with Crippen molar-refractivity contribution in [2.45, 2.75) is 62.6 Å². The molecule has 0 saturated heterocycles. The molecule has 0 bridgehead atoms. The molecule has 0 aliphatic carbocycles. The molecule has 160 valence electrons. The lowest BCUT2D eigenvalue weighted by molar-refractivity contribution is -0.167. The highest BCUT2D eigenvalue weighted by Crippen LogP contribution is 2.33. The average Bonchev–Trinajstić information content (AvgIpc) is 2.76. The number of hydrogen-bond donors (Lipinski definition) is 5. The van der Waals surface area contributed by atoms with Crippen LogP contribution in [0.3, 0.4) is 0 Å². The maximum atomic E-state index is 11.2. The van der Waals surface area contributed by atoms with Crippen molar-refractivity contribution in [2.24, 2.45) is 0 Å². The van der Waals surface area contributed by atoms with Crippen molar-refractivity contribution in [2.75, 3.05) is 6.61 Å².